The maximum Gasteiger partial charge on any atom is 0.164 e. The van der Waals surface area contributed by atoms with Crippen molar-refractivity contribution in [3.8, 4) is 78.7 Å². The number of pyridine rings is 1. The van der Waals surface area contributed by atoms with Crippen LogP contribution in [0.4, 0.5) is 0 Å². The van der Waals surface area contributed by atoms with E-state index >= 15 is 0 Å². The summed E-state index contributed by atoms with van der Waals surface area (Å²) in [6.45, 7) is 0. The molecular weight excluding hydrogens is 861 g/mol. The van der Waals surface area contributed by atoms with Crippen LogP contribution in [0.25, 0.3) is 122 Å². The lowest BCUT2D eigenvalue weighted by Gasteiger charge is -2.30. The topological polar surface area (TPSA) is 51.6 Å². The zero-order valence-corrected chi connectivity index (χ0v) is 38.4. The van der Waals surface area contributed by atoms with E-state index in [1.54, 1.807) is 0 Å². The van der Waals surface area contributed by atoms with Gasteiger partial charge in [0, 0.05) is 34.6 Å². The van der Waals surface area contributed by atoms with Crippen LogP contribution in [0.15, 0.2) is 243 Å². The standard InChI is InChI=1S/C67H40N4/c1-2-17-41(18-3-1)64-69-65(42-32-33-54-53-26-12-15-31-61(53)67(62(54)38-42)59-29-13-10-24-51(59)52-25-11-14-30-60(52)67)71-66(70-64)46-36-44(43-19-16-34-68-40-43)35-45(37-46)57-39-58-49-22-5-4-20-47(49)48-21-6-8-27-55(48)63(58)56-28-9-7-23-50(56)57/h1-40H. The van der Waals surface area contributed by atoms with E-state index < -0.39 is 5.41 Å². The number of nitrogens with zero attached hydrogens (tertiary/aromatic N) is 4. The molecule has 0 atom stereocenters. The van der Waals surface area contributed by atoms with E-state index in [0.29, 0.717) is 17.5 Å². The number of hydrogen-bond donors (Lipinski definition) is 0. The minimum Gasteiger partial charge on any atom is -0.264 e. The molecule has 4 nitrogen and oxygen atoms in total. The van der Waals surface area contributed by atoms with Gasteiger partial charge in [0.25, 0.3) is 0 Å². The second-order valence-electron chi connectivity index (χ2n) is 18.8. The smallest absolute Gasteiger partial charge is 0.164 e. The Hall–Kier alpha value is -9.38. The molecule has 15 rings (SSSR count). The summed E-state index contributed by atoms with van der Waals surface area (Å²) in [6, 6.07) is 83.7. The van der Waals surface area contributed by atoms with E-state index in [2.05, 4.69) is 211 Å². The molecule has 0 unspecified atom stereocenters. The average Bonchev–Trinajstić information content (AvgIpc) is 3.92. The highest BCUT2D eigenvalue weighted by Gasteiger charge is 2.51. The van der Waals surface area contributed by atoms with Gasteiger partial charge >= 0.3 is 0 Å². The highest BCUT2D eigenvalue weighted by atomic mass is 15.0. The lowest BCUT2D eigenvalue weighted by Crippen LogP contribution is -2.25. The van der Waals surface area contributed by atoms with Crippen molar-refractivity contribution in [2.24, 2.45) is 0 Å². The first-order valence-electron chi connectivity index (χ1n) is 24.3. The van der Waals surface area contributed by atoms with Crippen LogP contribution in [0.3, 0.4) is 0 Å². The van der Waals surface area contributed by atoms with Crippen LogP contribution in [0, 0.1) is 0 Å². The summed E-state index contributed by atoms with van der Waals surface area (Å²) >= 11 is 0. The molecule has 0 aliphatic heterocycles. The molecule has 1 spiro atoms. The van der Waals surface area contributed by atoms with Crippen molar-refractivity contribution in [2.45, 2.75) is 5.41 Å². The summed E-state index contributed by atoms with van der Waals surface area (Å²) in [5.41, 5.74) is 16.6. The summed E-state index contributed by atoms with van der Waals surface area (Å²) < 4.78 is 0. The molecule has 0 amide bonds. The van der Waals surface area contributed by atoms with Gasteiger partial charge in [-0.25, -0.2) is 15.0 Å². The van der Waals surface area contributed by atoms with E-state index in [1.165, 1.54) is 87.6 Å². The van der Waals surface area contributed by atoms with Crippen LogP contribution in [-0.4, -0.2) is 19.9 Å². The van der Waals surface area contributed by atoms with Gasteiger partial charge in [-0.2, -0.15) is 0 Å². The zero-order chi connectivity index (χ0) is 46.6. The van der Waals surface area contributed by atoms with Crippen LogP contribution >= 0.6 is 0 Å². The molecule has 2 aromatic heterocycles. The van der Waals surface area contributed by atoms with E-state index in [-0.39, 0.29) is 0 Å². The zero-order valence-electron chi connectivity index (χ0n) is 38.4. The van der Waals surface area contributed by atoms with Gasteiger partial charge in [-0.3, -0.25) is 4.98 Å². The van der Waals surface area contributed by atoms with Gasteiger partial charge in [0.2, 0.25) is 0 Å². The van der Waals surface area contributed by atoms with Gasteiger partial charge in [0.05, 0.1) is 5.41 Å². The van der Waals surface area contributed by atoms with Crippen molar-refractivity contribution in [2.75, 3.05) is 0 Å². The Morgan fingerprint density at radius 3 is 1.35 bits per heavy atom. The summed E-state index contributed by atoms with van der Waals surface area (Å²) in [5, 5.41) is 9.87. The number of hydrogen-bond acceptors (Lipinski definition) is 4. The van der Waals surface area contributed by atoms with Gasteiger partial charge < -0.3 is 0 Å². The van der Waals surface area contributed by atoms with Crippen molar-refractivity contribution in [1.82, 2.24) is 19.9 Å². The molecule has 0 saturated heterocycles. The van der Waals surface area contributed by atoms with E-state index in [9.17, 15) is 0 Å². The third kappa shape index (κ3) is 5.79. The van der Waals surface area contributed by atoms with Crippen molar-refractivity contribution in [1.29, 1.82) is 0 Å². The summed E-state index contributed by atoms with van der Waals surface area (Å²) in [5.74, 6) is 1.83. The SMILES string of the molecule is c1ccc(-c2nc(-c3cc(-c4cccnc4)cc(-c4cc5c6ccccc6c6ccccc6c5c5ccccc45)c3)nc(-c3ccc4c(c3)C3(c5ccccc5-c5ccccc53)c3ccccc3-4)n2)cc1. The molecule has 0 bridgehead atoms. The molecule has 4 heteroatoms. The average molecular weight is 901 g/mol. The lowest BCUT2D eigenvalue weighted by molar-refractivity contribution is 0.794. The third-order valence-electron chi connectivity index (χ3n) is 15.2. The van der Waals surface area contributed by atoms with Crippen LogP contribution in [0.1, 0.15) is 22.3 Å². The highest BCUT2D eigenvalue weighted by Crippen LogP contribution is 2.63. The predicted octanol–water partition coefficient (Wildman–Crippen LogP) is 16.6. The summed E-state index contributed by atoms with van der Waals surface area (Å²) in [7, 11) is 0. The van der Waals surface area contributed by atoms with E-state index in [0.717, 1.165) is 38.9 Å². The van der Waals surface area contributed by atoms with Crippen LogP contribution < -0.4 is 0 Å². The first kappa shape index (κ1) is 39.6. The Bertz CT molecular complexity index is 4290. The van der Waals surface area contributed by atoms with Crippen LogP contribution in [0.5, 0.6) is 0 Å². The molecular formula is C67H40N4. The molecule has 71 heavy (non-hydrogen) atoms. The quantitative estimate of drug-likeness (QED) is 0.162. The molecule has 13 aromatic rings. The van der Waals surface area contributed by atoms with Gasteiger partial charge in [0.15, 0.2) is 17.5 Å². The number of benzene rings is 11. The van der Waals surface area contributed by atoms with Crippen molar-refractivity contribution >= 4 is 43.1 Å². The minimum absolute atomic E-state index is 0.500. The Morgan fingerprint density at radius 2 is 0.718 bits per heavy atom. The molecule has 2 aliphatic carbocycles. The van der Waals surface area contributed by atoms with Crippen molar-refractivity contribution in [3.05, 3.63) is 265 Å². The van der Waals surface area contributed by atoms with Gasteiger partial charge in [-0.05, 0) is 141 Å². The van der Waals surface area contributed by atoms with Crippen LogP contribution in [-0.2, 0) is 5.41 Å². The molecule has 0 saturated carbocycles. The number of aromatic nitrogens is 4. The highest BCUT2D eigenvalue weighted by molar-refractivity contribution is 6.33. The fourth-order valence-electron chi connectivity index (χ4n) is 12.2. The Kier molecular flexibility index (Phi) is 8.54. The molecule has 2 heterocycles. The van der Waals surface area contributed by atoms with Crippen LogP contribution in [0.2, 0.25) is 0 Å². The van der Waals surface area contributed by atoms with Gasteiger partial charge in [0.1, 0.15) is 0 Å². The Morgan fingerprint density at radius 1 is 0.254 bits per heavy atom. The fourth-order valence-corrected chi connectivity index (χ4v) is 12.2. The van der Waals surface area contributed by atoms with Gasteiger partial charge in [-0.15, -0.1) is 0 Å². The Balaban J connectivity index is 0.983. The maximum absolute atomic E-state index is 5.50. The number of rotatable bonds is 5. The predicted molar refractivity (Wildman–Crippen MR) is 291 cm³/mol. The second kappa shape index (κ2) is 15.3. The number of fused-ring (bicyclic) bond motifs is 18. The fraction of sp³-hybridized carbons (Fsp3) is 0.0149. The molecule has 0 N–H and O–H groups in total. The first-order valence-corrected chi connectivity index (χ1v) is 24.3. The van der Waals surface area contributed by atoms with Crippen molar-refractivity contribution in [3.63, 3.8) is 0 Å². The second-order valence-corrected chi connectivity index (χ2v) is 18.8. The van der Waals surface area contributed by atoms with E-state index in [1.807, 2.05) is 36.7 Å². The first-order chi connectivity index (χ1) is 35.2. The molecule has 0 fully saturated rings. The largest absolute Gasteiger partial charge is 0.264 e. The van der Waals surface area contributed by atoms with E-state index in [4.69, 9.17) is 15.0 Å². The summed E-state index contributed by atoms with van der Waals surface area (Å²) in [6.07, 6.45) is 3.76. The molecule has 0 radical (unpaired) electrons. The molecule has 11 aromatic carbocycles. The Labute approximate surface area is 410 Å². The monoisotopic (exact) mass is 900 g/mol. The van der Waals surface area contributed by atoms with Gasteiger partial charge in [-0.1, -0.05) is 194 Å². The normalized spacial score (nSPS) is 12.9. The maximum atomic E-state index is 5.50. The minimum atomic E-state index is -0.500. The third-order valence-corrected chi connectivity index (χ3v) is 15.2. The van der Waals surface area contributed by atoms with Crippen molar-refractivity contribution < 1.29 is 0 Å². The lowest BCUT2D eigenvalue weighted by atomic mass is 9.70. The summed E-state index contributed by atoms with van der Waals surface area (Å²) in [4.78, 5) is 20.8. The molecule has 2 aliphatic rings. The molecule has 328 valence electrons.